The molecular formula is C24H23F4N5O3S. The van der Waals surface area contributed by atoms with Crippen LogP contribution in [0.25, 0.3) is 0 Å². The molecule has 1 atom stereocenters. The van der Waals surface area contributed by atoms with Crippen LogP contribution in [0.3, 0.4) is 0 Å². The van der Waals surface area contributed by atoms with E-state index in [1.54, 1.807) is 0 Å². The Bertz CT molecular complexity index is 1490. The van der Waals surface area contributed by atoms with E-state index in [0.29, 0.717) is 5.56 Å². The highest BCUT2D eigenvalue weighted by atomic mass is 32.2. The maximum Gasteiger partial charge on any atom is 0.435 e. The van der Waals surface area contributed by atoms with Gasteiger partial charge in [0.1, 0.15) is 11.4 Å². The lowest BCUT2D eigenvalue weighted by Gasteiger charge is -2.26. The molecule has 1 saturated carbocycles. The van der Waals surface area contributed by atoms with Crippen LogP contribution in [0.1, 0.15) is 57.9 Å². The van der Waals surface area contributed by atoms with Crippen LogP contribution < -0.4 is 10.1 Å². The Kier molecular flexibility index (Phi) is 6.93. The van der Waals surface area contributed by atoms with Gasteiger partial charge in [-0.05, 0) is 56.4 Å². The molecule has 1 aromatic carbocycles. The van der Waals surface area contributed by atoms with Crippen molar-refractivity contribution in [3.63, 3.8) is 0 Å². The van der Waals surface area contributed by atoms with Crippen LogP contribution >= 0.6 is 0 Å². The molecule has 0 bridgehead atoms. The number of nitrogens with zero attached hydrogens (tertiary/aromatic N) is 3. The molecule has 2 heterocycles. The molecule has 13 heteroatoms. The number of amides is 1. The van der Waals surface area contributed by atoms with E-state index >= 15 is 0 Å². The van der Waals surface area contributed by atoms with Crippen molar-refractivity contribution in [1.82, 2.24) is 15.2 Å². The summed E-state index contributed by atoms with van der Waals surface area (Å²) in [4.78, 5) is 17.4. The van der Waals surface area contributed by atoms with E-state index in [4.69, 9.17) is 9.52 Å². The fourth-order valence-corrected chi connectivity index (χ4v) is 4.60. The van der Waals surface area contributed by atoms with Gasteiger partial charge in [0.15, 0.2) is 5.69 Å². The van der Waals surface area contributed by atoms with Crippen molar-refractivity contribution in [2.24, 2.45) is 0 Å². The van der Waals surface area contributed by atoms with Crippen molar-refractivity contribution in [2.75, 3.05) is 11.6 Å². The second-order valence-electron chi connectivity index (χ2n) is 8.86. The number of ether oxygens (including phenoxy) is 1. The number of alkyl halides is 3. The smallest absolute Gasteiger partial charge is 0.418 e. The van der Waals surface area contributed by atoms with E-state index in [1.807, 2.05) is 0 Å². The van der Waals surface area contributed by atoms with E-state index in [1.165, 1.54) is 43.6 Å². The monoisotopic (exact) mass is 537 g/mol. The minimum absolute atomic E-state index is 0.0240. The first-order valence-corrected chi connectivity index (χ1v) is 13.2. The third kappa shape index (κ3) is 5.41. The fourth-order valence-electron chi connectivity index (χ4n) is 3.91. The Morgan fingerprint density at radius 2 is 1.86 bits per heavy atom. The Balaban J connectivity index is 1.75. The van der Waals surface area contributed by atoms with Gasteiger partial charge in [0.2, 0.25) is 5.88 Å². The highest BCUT2D eigenvalue weighted by molar-refractivity contribution is 7.91. The van der Waals surface area contributed by atoms with Gasteiger partial charge in [0.25, 0.3) is 11.8 Å². The second-order valence-corrected chi connectivity index (χ2v) is 11.0. The van der Waals surface area contributed by atoms with Gasteiger partial charge >= 0.3 is 6.18 Å². The maximum atomic E-state index is 15.0. The first-order chi connectivity index (χ1) is 17.3. The van der Waals surface area contributed by atoms with Crippen molar-refractivity contribution in [3.8, 4) is 11.8 Å². The zero-order valence-electron chi connectivity index (χ0n) is 20.1. The van der Waals surface area contributed by atoms with Gasteiger partial charge in [-0.3, -0.25) is 4.79 Å². The molecule has 8 nitrogen and oxygen atoms in total. The molecule has 2 aromatic heterocycles. The zero-order chi connectivity index (χ0) is 27.1. The molecule has 2 N–H and O–H groups in total. The maximum absolute atomic E-state index is 15.0. The minimum Gasteiger partial charge on any atom is -0.418 e. The van der Waals surface area contributed by atoms with Gasteiger partial charge in [-0.2, -0.15) is 13.2 Å². The summed E-state index contributed by atoms with van der Waals surface area (Å²) in [5, 5.41) is 9.11. The average molecular weight is 538 g/mol. The van der Waals surface area contributed by atoms with Crippen LogP contribution in [0.5, 0.6) is 11.8 Å². The topological polar surface area (TPSA) is 118 Å². The van der Waals surface area contributed by atoms with Gasteiger partial charge < -0.3 is 10.1 Å². The molecule has 37 heavy (non-hydrogen) atoms. The number of pyridine rings is 1. The van der Waals surface area contributed by atoms with Crippen LogP contribution in [0.4, 0.5) is 23.2 Å². The van der Waals surface area contributed by atoms with E-state index in [9.17, 15) is 26.6 Å². The van der Waals surface area contributed by atoms with Gasteiger partial charge in [-0.25, -0.2) is 18.4 Å². The number of hydrogen-bond donors (Lipinski definition) is 2. The number of carbonyl (C=O) groups excluding carboxylic acids is 1. The molecule has 4 rings (SSSR count). The number of anilines is 1. The number of aromatic nitrogens is 3. The van der Waals surface area contributed by atoms with Crippen LogP contribution in [0.2, 0.25) is 0 Å². The van der Waals surface area contributed by atoms with Crippen molar-refractivity contribution < 1.29 is 31.3 Å². The zero-order valence-corrected chi connectivity index (χ0v) is 20.9. The minimum atomic E-state index is -4.91. The number of carbonyl (C=O) groups is 1. The van der Waals surface area contributed by atoms with Crippen molar-refractivity contribution >= 4 is 21.3 Å². The molecule has 0 aliphatic heterocycles. The lowest BCUT2D eigenvalue weighted by atomic mass is 9.80. The number of nitrogens with one attached hydrogen (secondary N) is 2. The van der Waals surface area contributed by atoms with Gasteiger partial charge in [0, 0.05) is 34.2 Å². The first-order valence-electron chi connectivity index (χ1n) is 11.2. The second kappa shape index (κ2) is 9.69. The largest absolute Gasteiger partial charge is 0.435 e. The molecule has 3 aromatic rings. The van der Waals surface area contributed by atoms with Crippen LogP contribution in [0, 0.1) is 24.4 Å². The van der Waals surface area contributed by atoms with Crippen molar-refractivity contribution in [2.45, 2.75) is 50.1 Å². The molecule has 1 aliphatic carbocycles. The third-order valence-corrected chi connectivity index (χ3v) is 7.34. The van der Waals surface area contributed by atoms with Gasteiger partial charge in [-0.1, -0.05) is 12.5 Å². The predicted octanol–water partition coefficient (Wildman–Crippen LogP) is 5.99. The van der Waals surface area contributed by atoms with E-state index in [-0.39, 0.29) is 27.9 Å². The standard InChI is InChI=1S/C24H23F4N5O3S/c1-12-18(21(34)31-15-8-5-9-16(10-15)37(3,29)35)23(33-32-20(12)24(26,27)28)36-22-13(2)19(25)17(11-30-22)14-6-4-7-14/h5,8-11,14,29H,4,6-7H2,1-3H3,(H,31,34). The normalized spacial score (nSPS) is 15.5. The molecule has 196 valence electrons. The first kappa shape index (κ1) is 26.5. The molecular weight excluding hydrogens is 514 g/mol. The Morgan fingerprint density at radius 1 is 1.16 bits per heavy atom. The lowest BCUT2D eigenvalue weighted by molar-refractivity contribution is -0.142. The van der Waals surface area contributed by atoms with Crippen molar-refractivity contribution in [1.29, 1.82) is 4.78 Å². The highest BCUT2D eigenvalue weighted by Gasteiger charge is 2.38. The van der Waals surface area contributed by atoms with Crippen LogP contribution in [-0.2, 0) is 15.9 Å². The quantitative estimate of drug-likeness (QED) is 0.373. The Labute approximate surface area is 210 Å². The number of halogens is 4. The molecule has 1 unspecified atom stereocenters. The average Bonchev–Trinajstić information content (AvgIpc) is 2.76. The highest BCUT2D eigenvalue weighted by Crippen LogP contribution is 2.40. The molecule has 1 aliphatic rings. The van der Waals surface area contributed by atoms with E-state index in [2.05, 4.69) is 20.5 Å². The predicted molar refractivity (Wildman–Crippen MR) is 127 cm³/mol. The summed E-state index contributed by atoms with van der Waals surface area (Å²) in [5.41, 5.74) is -1.99. The summed E-state index contributed by atoms with van der Waals surface area (Å²) in [6.45, 7) is 2.46. The summed E-state index contributed by atoms with van der Waals surface area (Å²) < 4.78 is 81.0. The number of hydrogen-bond acceptors (Lipinski definition) is 7. The summed E-state index contributed by atoms with van der Waals surface area (Å²) in [5.74, 6) is -2.36. The summed E-state index contributed by atoms with van der Waals surface area (Å²) in [7, 11) is -3.12. The number of rotatable bonds is 6. The number of benzene rings is 1. The van der Waals surface area contributed by atoms with Crippen molar-refractivity contribution in [3.05, 3.63) is 64.2 Å². The molecule has 0 spiro atoms. The SMILES string of the molecule is Cc1c(Oc2nnc(C(F)(F)F)c(C)c2C(=O)Nc2cccc(S(C)(=N)=O)c2)ncc(C2CCC2)c1F. The molecule has 0 radical (unpaired) electrons. The van der Waals surface area contributed by atoms with Crippen LogP contribution in [0.15, 0.2) is 35.4 Å². The summed E-state index contributed by atoms with van der Waals surface area (Å²) in [6, 6.07) is 5.57. The Morgan fingerprint density at radius 3 is 2.46 bits per heavy atom. The fraction of sp³-hybridized carbons (Fsp3) is 0.333. The van der Waals surface area contributed by atoms with Crippen LogP contribution in [-0.4, -0.2) is 31.6 Å². The Hall–Kier alpha value is -3.61. The molecule has 1 amide bonds. The van der Waals surface area contributed by atoms with Gasteiger partial charge in [-0.15, -0.1) is 10.2 Å². The summed E-state index contributed by atoms with van der Waals surface area (Å²) >= 11 is 0. The summed E-state index contributed by atoms with van der Waals surface area (Å²) in [6.07, 6.45) is 0.257. The van der Waals surface area contributed by atoms with Gasteiger partial charge in [0.05, 0.1) is 9.73 Å². The molecule has 0 saturated heterocycles. The molecule has 1 fully saturated rings. The van der Waals surface area contributed by atoms with E-state index < -0.39 is 50.3 Å². The third-order valence-electron chi connectivity index (χ3n) is 6.18. The lowest BCUT2D eigenvalue weighted by Crippen LogP contribution is -2.21. The van der Waals surface area contributed by atoms with E-state index in [0.717, 1.165) is 26.2 Å².